The van der Waals surface area contributed by atoms with E-state index in [9.17, 15) is 4.79 Å². The van der Waals surface area contributed by atoms with Gasteiger partial charge in [-0.2, -0.15) is 0 Å². The molecule has 1 heterocycles. The van der Waals surface area contributed by atoms with Crippen molar-refractivity contribution in [2.24, 2.45) is 0 Å². The van der Waals surface area contributed by atoms with Crippen LogP contribution in [0.5, 0.6) is 0 Å². The second-order valence-electron chi connectivity index (χ2n) is 5.39. The van der Waals surface area contributed by atoms with Crippen molar-refractivity contribution in [3.05, 3.63) is 47.9 Å². The van der Waals surface area contributed by atoms with E-state index in [1.165, 1.54) is 11.9 Å². The van der Waals surface area contributed by atoms with Gasteiger partial charge in [0.2, 0.25) is 0 Å². The SMILES string of the molecule is CCCCCNC(=O)c1cc(Nc2ccccc2CC)ncn1. The third-order valence-corrected chi connectivity index (χ3v) is 3.63. The van der Waals surface area contributed by atoms with Crippen molar-refractivity contribution in [1.82, 2.24) is 15.3 Å². The minimum absolute atomic E-state index is 0.157. The number of carbonyl (C=O) groups excluding carboxylic acids is 1. The quantitative estimate of drug-likeness (QED) is 0.729. The first-order chi connectivity index (χ1) is 11.2. The topological polar surface area (TPSA) is 66.9 Å². The van der Waals surface area contributed by atoms with E-state index in [1.54, 1.807) is 6.07 Å². The fourth-order valence-corrected chi connectivity index (χ4v) is 2.31. The van der Waals surface area contributed by atoms with Crippen molar-refractivity contribution in [3.63, 3.8) is 0 Å². The number of carbonyl (C=O) groups is 1. The van der Waals surface area contributed by atoms with Crippen LogP contribution in [0, 0.1) is 0 Å². The maximum absolute atomic E-state index is 12.1. The average Bonchev–Trinajstić information content (AvgIpc) is 2.59. The third-order valence-electron chi connectivity index (χ3n) is 3.63. The van der Waals surface area contributed by atoms with Gasteiger partial charge in [0.15, 0.2) is 0 Å². The predicted octanol–water partition coefficient (Wildman–Crippen LogP) is 3.70. The Morgan fingerprint density at radius 2 is 1.96 bits per heavy atom. The minimum Gasteiger partial charge on any atom is -0.351 e. The summed E-state index contributed by atoms with van der Waals surface area (Å²) in [6, 6.07) is 9.75. The fourth-order valence-electron chi connectivity index (χ4n) is 2.31. The molecule has 0 fully saturated rings. The summed E-state index contributed by atoms with van der Waals surface area (Å²) in [6.45, 7) is 4.92. The van der Waals surface area contributed by atoms with Crippen LogP contribution in [0.3, 0.4) is 0 Å². The summed E-state index contributed by atoms with van der Waals surface area (Å²) in [7, 11) is 0. The molecule has 5 nitrogen and oxygen atoms in total. The molecule has 0 bridgehead atoms. The maximum Gasteiger partial charge on any atom is 0.270 e. The largest absolute Gasteiger partial charge is 0.351 e. The highest BCUT2D eigenvalue weighted by molar-refractivity contribution is 5.92. The van der Waals surface area contributed by atoms with Crippen LogP contribution in [0.15, 0.2) is 36.7 Å². The third kappa shape index (κ3) is 5.06. The Labute approximate surface area is 137 Å². The number of aryl methyl sites for hydroxylation is 1. The van der Waals surface area contributed by atoms with Crippen LogP contribution >= 0.6 is 0 Å². The standard InChI is InChI=1S/C18H24N4O/c1-3-5-8-11-19-18(23)16-12-17(21-13-20-16)22-15-10-7-6-9-14(15)4-2/h6-7,9-10,12-13H,3-5,8,11H2,1-2H3,(H,19,23)(H,20,21,22). The van der Waals surface area contributed by atoms with Gasteiger partial charge in [-0.25, -0.2) is 9.97 Å². The molecule has 0 aliphatic carbocycles. The van der Waals surface area contributed by atoms with Gasteiger partial charge in [0.05, 0.1) is 0 Å². The van der Waals surface area contributed by atoms with Gasteiger partial charge < -0.3 is 10.6 Å². The zero-order valence-electron chi connectivity index (χ0n) is 13.8. The summed E-state index contributed by atoms with van der Waals surface area (Å²) in [4.78, 5) is 20.4. The summed E-state index contributed by atoms with van der Waals surface area (Å²) in [5.74, 6) is 0.468. The summed E-state index contributed by atoms with van der Waals surface area (Å²) in [5, 5.41) is 6.15. The van der Waals surface area contributed by atoms with E-state index in [0.29, 0.717) is 18.1 Å². The molecular formula is C18H24N4O. The Balaban J connectivity index is 2.03. The van der Waals surface area contributed by atoms with Gasteiger partial charge in [0.1, 0.15) is 17.8 Å². The zero-order chi connectivity index (χ0) is 16.5. The highest BCUT2D eigenvalue weighted by atomic mass is 16.1. The van der Waals surface area contributed by atoms with Gasteiger partial charge in [-0.15, -0.1) is 0 Å². The first-order valence-electron chi connectivity index (χ1n) is 8.19. The van der Waals surface area contributed by atoms with E-state index < -0.39 is 0 Å². The van der Waals surface area contributed by atoms with Crippen LogP contribution in [0.4, 0.5) is 11.5 Å². The molecule has 0 aliphatic heterocycles. The highest BCUT2D eigenvalue weighted by Gasteiger charge is 2.09. The maximum atomic E-state index is 12.1. The second-order valence-corrected chi connectivity index (χ2v) is 5.39. The Hall–Kier alpha value is -2.43. The Morgan fingerprint density at radius 1 is 1.13 bits per heavy atom. The van der Waals surface area contributed by atoms with Gasteiger partial charge in [0.25, 0.3) is 5.91 Å². The highest BCUT2D eigenvalue weighted by Crippen LogP contribution is 2.19. The predicted molar refractivity (Wildman–Crippen MR) is 93.0 cm³/mol. The Kier molecular flexibility index (Phi) is 6.54. The molecule has 0 atom stereocenters. The van der Waals surface area contributed by atoms with Crippen molar-refractivity contribution >= 4 is 17.4 Å². The van der Waals surface area contributed by atoms with Gasteiger partial charge in [-0.1, -0.05) is 44.9 Å². The van der Waals surface area contributed by atoms with Gasteiger partial charge in [0, 0.05) is 18.3 Å². The lowest BCUT2D eigenvalue weighted by atomic mass is 10.1. The molecule has 23 heavy (non-hydrogen) atoms. The molecule has 0 spiro atoms. The van der Waals surface area contributed by atoms with Crippen molar-refractivity contribution in [2.45, 2.75) is 39.5 Å². The lowest BCUT2D eigenvalue weighted by Gasteiger charge is -2.10. The first kappa shape index (κ1) is 16.9. The van der Waals surface area contributed by atoms with Crippen LogP contribution in [0.25, 0.3) is 0 Å². The summed E-state index contributed by atoms with van der Waals surface area (Å²) in [5.41, 5.74) is 2.59. The number of para-hydroxylation sites is 1. The lowest BCUT2D eigenvalue weighted by molar-refractivity contribution is 0.0948. The molecule has 0 radical (unpaired) electrons. The minimum atomic E-state index is -0.157. The van der Waals surface area contributed by atoms with Crippen molar-refractivity contribution in [1.29, 1.82) is 0 Å². The smallest absolute Gasteiger partial charge is 0.270 e. The number of amides is 1. The Bertz CT molecular complexity index is 642. The van der Waals surface area contributed by atoms with E-state index in [4.69, 9.17) is 0 Å². The van der Waals surface area contributed by atoms with Crippen molar-refractivity contribution < 1.29 is 4.79 Å². The molecule has 0 unspecified atom stereocenters. The first-order valence-corrected chi connectivity index (χ1v) is 8.19. The number of hydrogen-bond acceptors (Lipinski definition) is 4. The van der Waals surface area contributed by atoms with Gasteiger partial charge in [-0.05, 0) is 24.5 Å². The van der Waals surface area contributed by atoms with Gasteiger partial charge in [-0.3, -0.25) is 4.79 Å². The number of nitrogens with zero attached hydrogens (tertiary/aromatic N) is 2. The molecule has 122 valence electrons. The zero-order valence-corrected chi connectivity index (χ0v) is 13.8. The normalized spacial score (nSPS) is 10.3. The molecule has 0 aliphatic rings. The summed E-state index contributed by atoms with van der Waals surface area (Å²) < 4.78 is 0. The van der Waals surface area contributed by atoms with Crippen LogP contribution < -0.4 is 10.6 Å². The average molecular weight is 312 g/mol. The van der Waals surface area contributed by atoms with Gasteiger partial charge >= 0.3 is 0 Å². The van der Waals surface area contributed by atoms with E-state index >= 15 is 0 Å². The number of unbranched alkanes of at least 4 members (excludes halogenated alkanes) is 2. The Morgan fingerprint density at radius 3 is 2.74 bits per heavy atom. The van der Waals surface area contributed by atoms with Crippen LogP contribution in [-0.4, -0.2) is 22.4 Å². The number of aromatic nitrogens is 2. The monoisotopic (exact) mass is 312 g/mol. The molecule has 0 saturated carbocycles. The number of benzene rings is 1. The lowest BCUT2D eigenvalue weighted by Crippen LogP contribution is -2.25. The van der Waals surface area contributed by atoms with Crippen molar-refractivity contribution in [3.8, 4) is 0 Å². The molecular weight excluding hydrogens is 288 g/mol. The molecule has 2 N–H and O–H groups in total. The number of rotatable bonds is 8. The number of nitrogens with one attached hydrogen (secondary N) is 2. The molecule has 5 heteroatoms. The van der Waals surface area contributed by atoms with E-state index in [-0.39, 0.29) is 5.91 Å². The van der Waals surface area contributed by atoms with E-state index in [0.717, 1.165) is 31.4 Å². The number of anilines is 2. The van der Waals surface area contributed by atoms with Crippen LogP contribution in [0.2, 0.25) is 0 Å². The number of hydrogen-bond donors (Lipinski definition) is 2. The molecule has 1 aromatic heterocycles. The molecule has 2 aromatic rings. The van der Waals surface area contributed by atoms with Crippen LogP contribution in [-0.2, 0) is 6.42 Å². The molecule has 2 rings (SSSR count). The summed E-state index contributed by atoms with van der Waals surface area (Å²) in [6.07, 6.45) is 5.58. The van der Waals surface area contributed by atoms with E-state index in [1.807, 2.05) is 18.2 Å². The summed E-state index contributed by atoms with van der Waals surface area (Å²) >= 11 is 0. The molecule has 1 aromatic carbocycles. The van der Waals surface area contributed by atoms with Crippen LogP contribution in [0.1, 0.15) is 49.2 Å². The molecule has 0 saturated heterocycles. The van der Waals surface area contributed by atoms with E-state index in [2.05, 4.69) is 40.5 Å². The second kappa shape index (κ2) is 8.88. The molecule has 1 amide bonds. The van der Waals surface area contributed by atoms with Crippen molar-refractivity contribution in [2.75, 3.05) is 11.9 Å². The fraction of sp³-hybridized carbons (Fsp3) is 0.389.